The number of nitrogens with one attached hydrogen (secondary N) is 1. The summed E-state index contributed by atoms with van der Waals surface area (Å²) in [7, 11) is 1.88. The largest absolute Gasteiger partial charge is 0.308 e. The van der Waals surface area contributed by atoms with Crippen molar-refractivity contribution in [1.29, 1.82) is 0 Å². The van der Waals surface area contributed by atoms with Crippen molar-refractivity contribution in [2.75, 3.05) is 11.4 Å². The minimum absolute atomic E-state index is 0.0699. The molecule has 5 heteroatoms. The van der Waals surface area contributed by atoms with Crippen LogP contribution in [-0.4, -0.2) is 34.3 Å². The molecule has 126 valence electrons. The van der Waals surface area contributed by atoms with Crippen molar-refractivity contribution in [3.63, 3.8) is 0 Å². The van der Waals surface area contributed by atoms with E-state index in [1.54, 1.807) is 10.9 Å². The zero-order chi connectivity index (χ0) is 16.5. The second-order valence-electron chi connectivity index (χ2n) is 6.92. The summed E-state index contributed by atoms with van der Waals surface area (Å²) in [6.07, 6.45) is 8.12. The van der Waals surface area contributed by atoms with Crippen molar-refractivity contribution in [1.82, 2.24) is 15.1 Å². The van der Waals surface area contributed by atoms with Crippen molar-refractivity contribution >= 4 is 11.6 Å². The van der Waals surface area contributed by atoms with Crippen molar-refractivity contribution in [2.24, 2.45) is 7.05 Å². The predicted octanol–water partition coefficient (Wildman–Crippen LogP) is 2.45. The fourth-order valence-corrected chi connectivity index (χ4v) is 4.16. The lowest BCUT2D eigenvalue weighted by Gasteiger charge is -2.24. The van der Waals surface area contributed by atoms with Crippen molar-refractivity contribution in [3.05, 3.63) is 48.3 Å². The van der Waals surface area contributed by atoms with Gasteiger partial charge in [0.05, 0.1) is 17.9 Å². The van der Waals surface area contributed by atoms with Gasteiger partial charge in [-0.1, -0.05) is 36.8 Å². The van der Waals surface area contributed by atoms with Gasteiger partial charge in [0.1, 0.15) is 0 Å². The quantitative estimate of drug-likeness (QED) is 0.940. The summed E-state index contributed by atoms with van der Waals surface area (Å²) in [6, 6.07) is 11.0. The van der Waals surface area contributed by atoms with Crippen LogP contribution in [0.25, 0.3) is 0 Å². The number of hydrogen-bond acceptors (Lipinski definition) is 3. The highest BCUT2D eigenvalue weighted by Gasteiger charge is 2.37. The lowest BCUT2D eigenvalue weighted by molar-refractivity contribution is -0.119. The zero-order valence-corrected chi connectivity index (χ0v) is 14.1. The first-order valence-corrected chi connectivity index (χ1v) is 8.83. The minimum Gasteiger partial charge on any atom is -0.308 e. The Bertz CT molecular complexity index is 711. The molecular weight excluding hydrogens is 300 g/mol. The number of aryl methyl sites for hydroxylation is 1. The first-order valence-electron chi connectivity index (χ1n) is 8.83. The van der Waals surface area contributed by atoms with Crippen LogP contribution in [0.3, 0.4) is 0 Å². The normalized spacial score (nSPS) is 27.1. The summed E-state index contributed by atoms with van der Waals surface area (Å²) < 4.78 is 1.74. The van der Waals surface area contributed by atoms with E-state index < -0.39 is 0 Å². The highest BCUT2D eigenvalue weighted by atomic mass is 16.2. The van der Waals surface area contributed by atoms with Gasteiger partial charge in [0.15, 0.2) is 0 Å². The Kier molecular flexibility index (Phi) is 4.10. The molecule has 1 aliphatic carbocycles. The van der Waals surface area contributed by atoms with E-state index in [1.807, 2.05) is 18.1 Å². The molecule has 1 aromatic heterocycles. The van der Waals surface area contributed by atoms with Gasteiger partial charge in [0.2, 0.25) is 5.91 Å². The fraction of sp³-hybridized carbons (Fsp3) is 0.474. The maximum Gasteiger partial charge on any atom is 0.244 e. The first-order chi connectivity index (χ1) is 11.7. The molecule has 4 rings (SSSR count). The molecule has 0 radical (unpaired) electrons. The van der Waals surface area contributed by atoms with E-state index in [9.17, 15) is 4.79 Å². The van der Waals surface area contributed by atoms with E-state index >= 15 is 0 Å². The third-order valence-electron chi connectivity index (χ3n) is 5.37. The highest BCUT2D eigenvalue weighted by Crippen LogP contribution is 2.35. The van der Waals surface area contributed by atoms with Gasteiger partial charge < -0.3 is 10.2 Å². The Morgan fingerprint density at radius 1 is 1.17 bits per heavy atom. The third-order valence-corrected chi connectivity index (χ3v) is 5.37. The Balaban J connectivity index is 1.45. The van der Waals surface area contributed by atoms with Gasteiger partial charge in [-0.3, -0.25) is 9.48 Å². The molecule has 1 aliphatic heterocycles. The van der Waals surface area contributed by atoms with E-state index in [0.29, 0.717) is 12.0 Å². The number of aromatic nitrogens is 2. The molecule has 1 amide bonds. The molecule has 3 atom stereocenters. The van der Waals surface area contributed by atoms with Gasteiger partial charge in [0.25, 0.3) is 0 Å². The van der Waals surface area contributed by atoms with E-state index in [4.69, 9.17) is 0 Å². The Labute approximate surface area is 142 Å². The molecule has 1 saturated heterocycles. The Hall–Kier alpha value is -2.14. The number of amides is 1. The summed E-state index contributed by atoms with van der Waals surface area (Å²) in [6.45, 7) is 0.769. The molecule has 2 fully saturated rings. The molecule has 2 heterocycles. The van der Waals surface area contributed by atoms with Crippen LogP contribution in [0.15, 0.2) is 42.7 Å². The van der Waals surface area contributed by atoms with E-state index in [-0.39, 0.29) is 11.9 Å². The summed E-state index contributed by atoms with van der Waals surface area (Å²) >= 11 is 0. The molecule has 24 heavy (non-hydrogen) atoms. The first kappa shape index (κ1) is 15.4. The fourth-order valence-electron chi connectivity index (χ4n) is 4.16. The summed E-state index contributed by atoms with van der Waals surface area (Å²) in [5.41, 5.74) is 2.29. The van der Waals surface area contributed by atoms with Gasteiger partial charge >= 0.3 is 0 Å². The molecular formula is C19H24N4O. The van der Waals surface area contributed by atoms with E-state index in [1.165, 1.54) is 18.4 Å². The highest BCUT2D eigenvalue weighted by molar-refractivity contribution is 5.99. The molecule has 5 nitrogen and oxygen atoms in total. The number of carbonyl (C=O) groups excluding carboxylic acids is 1. The van der Waals surface area contributed by atoms with Crippen LogP contribution >= 0.6 is 0 Å². The Morgan fingerprint density at radius 2 is 2.00 bits per heavy atom. The standard InChI is InChI=1S/C19H24N4O/c1-22-13-15(12-20-22)23-11-10-18(19(23)24)21-17-9-5-8-16(17)14-6-3-2-4-7-14/h2-4,6-7,12-13,16-18,21H,5,8-11H2,1H3/t16-,17+,18+/m1/s1. The lowest BCUT2D eigenvalue weighted by Crippen LogP contribution is -2.44. The number of anilines is 1. The Morgan fingerprint density at radius 3 is 2.75 bits per heavy atom. The number of rotatable bonds is 4. The topological polar surface area (TPSA) is 50.2 Å². The van der Waals surface area contributed by atoms with Crippen molar-refractivity contribution < 1.29 is 4.79 Å². The van der Waals surface area contributed by atoms with Crippen LogP contribution in [0.2, 0.25) is 0 Å². The van der Waals surface area contributed by atoms with Crippen LogP contribution in [-0.2, 0) is 11.8 Å². The molecule has 0 spiro atoms. The van der Waals surface area contributed by atoms with E-state index in [2.05, 4.69) is 40.7 Å². The minimum atomic E-state index is -0.0699. The van der Waals surface area contributed by atoms with E-state index in [0.717, 1.165) is 25.1 Å². The summed E-state index contributed by atoms with van der Waals surface area (Å²) in [5.74, 6) is 0.702. The summed E-state index contributed by atoms with van der Waals surface area (Å²) in [4.78, 5) is 14.6. The molecule has 1 saturated carbocycles. The average molecular weight is 324 g/mol. The van der Waals surface area contributed by atoms with Gasteiger partial charge in [-0.25, -0.2) is 0 Å². The number of carbonyl (C=O) groups is 1. The van der Waals surface area contributed by atoms with Crippen LogP contribution in [0.1, 0.15) is 37.2 Å². The second kappa shape index (κ2) is 6.40. The molecule has 1 aromatic carbocycles. The molecule has 2 aliphatic rings. The summed E-state index contributed by atoms with van der Waals surface area (Å²) in [5, 5.41) is 7.84. The van der Waals surface area contributed by atoms with Crippen LogP contribution in [0.4, 0.5) is 5.69 Å². The smallest absolute Gasteiger partial charge is 0.244 e. The third kappa shape index (κ3) is 2.84. The van der Waals surface area contributed by atoms with Gasteiger partial charge in [-0.05, 0) is 30.7 Å². The second-order valence-corrected chi connectivity index (χ2v) is 6.92. The average Bonchev–Trinajstić information content (AvgIpc) is 3.31. The van der Waals surface area contributed by atoms with Gasteiger partial charge in [-0.15, -0.1) is 0 Å². The van der Waals surface area contributed by atoms with Crippen LogP contribution in [0, 0.1) is 0 Å². The molecule has 2 aromatic rings. The molecule has 1 N–H and O–H groups in total. The van der Waals surface area contributed by atoms with Crippen LogP contribution < -0.4 is 10.2 Å². The number of benzene rings is 1. The zero-order valence-electron chi connectivity index (χ0n) is 14.1. The van der Waals surface area contributed by atoms with Crippen LogP contribution in [0.5, 0.6) is 0 Å². The van der Waals surface area contributed by atoms with Gasteiger partial charge in [-0.2, -0.15) is 5.10 Å². The van der Waals surface area contributed by atoms with Crippen molar-refractivity contribution in [3.8, 4) is 0 Å². The maximum atomic E-state index is 12.8. The van der Waals surface area contributed by atoms with Crippen molar-refractivity contribution in [2.45, 2.75) is 43.7 Å². The molecule has 0 bridgehead atoms. The monoisotopic (exact) mass is 324 g/mol. The number of hydrogen-bond donors (Lipinski definition) is 1. The maximum absolute atomic E-state index is 12.8. The molecule has 0 unspecified atom stereocenters. The number of nitrogens with zero attached hydrogens (tertiary/aromatic N) is 3. The van der Waals surface area contributed by atoms with Gasteiger partial charge in [0, 0.05) is 25.8 Å². The lowest BCUT2D eigenvalue weighted by atomic mass is 9.93. The SMILES string of the molecule is Cn1cc(N2CC[C@H](N[C@H]3CCC[C@@H]3c3ccccc3)C2=O)cn1. The predicted molar refractivity (Wildman–Crippen MR) is 93.9 cm³/mol.